The number of imide groups is 1. The van der Waals surface area contributed by atoms with Crippen molar-refractivity contribution in [3.63, 3.8) is 0 Å². The largest absolute Gasteiger partial charge is 0.315 e. The molecule has 2 amide bonds. The number of nitrogens with zero attached hydrogens (tertiary/aromatic N) is 3. The maximum Gasteiger partial charge on any atom is 0.277 e. The van der Waals surface area contributed by atoms with Crippen LogP contribution in [0.5, 0.6) is 0 Å². The van der Waals surface area contributed by atoms with Gasteiger partial charge in [0.05, 0.1) is 17.5 Å². The Morgan fingerprint density at radius 2 is 1.27 bits per heavy atom. The average Bonchev–Trinajstić information content (AvgIpc) is 3.34. The number of aromatic nitrogens is 2. The van der Waals surface area contributed by atoms with Crippen molar-refractivity contribution in [2.75, 3.05) is 7.05 Å². The highest BCUT2D eigenvalue weighted by atomic mass is 16.2. The molecule has 0 radical (unpaired) electrons. The van der Waals surface area contributed by atoms with Gasteiger partial charge in [-0.1, -0.05) is 36.4 Å². The lowest BCUT2D eigenvalue weighted by Gasteiger charge is -2.32. The normalized spacial score (nSPS) is 16.9. The lowest BCUT2D eigenvalue weighted by Crippen LogP contribution is -2.47. The van der Waals surface area contributed by atoms with Crippen molar-refractivity contribution < 1.29 is 9.59 Å². The number of carbonyl (C=O) groups excluding carboxylic acids is 2. The topological polar surface area (TPSA) is 47.2 Å². The minimum atomic E-state index is -1.13. The highest BCUT2D eigenvalue weighted by molar-refractivity contribution is 6.08. The molecule has 128 valence electrons. The first-order valence-corrected chi connectivity index (χ1v) is 8.57. The Hall–Kier alpha value is -3.34. The Kier molecular flexibility index (Phi) is 2.92. The first-order valence-electron chi connectivity index (χ1n) is 8.57. The number of carbonyl (C=O) groups is 2. The van der Waals surface area contributed by atoms with Crippen LogP contribution in [0.25, 0.3) is 21.8 Å². The van der Waals surface area contributed by atoms with Crippen LogP contribution in [0.2, 0.25) is 0 Å². The molecule has 1 fully saturated rings. The van der Waals surface area contributed by atoms with E-state index < -0.39 is 5.66 Å². The lowest BCUT2D eigenvalue weighted by atomic mass is 10.1. The summed E-state index contributed by atoms with van der Waals surface area (Å²) in [4.78, 5) is 27.2. The molecule has 0 atom stereocenters. The maximum atomic E-state index is 13.4. The molecule has 0 spiro atoms. The van der Waals surface area contributed by atoms with Crippen LogP contribution in [0.1, 0.15) is 6.42 Å². The van der Waals surface area contributed by atoms with Crippen molar-refractivity contribution in [1.82, 2.24) is 14.0 Å². The number of fused-ring (bicyclic) bond motifs is 2. The van der Waals surface area contributed by atoms with Gasteiger partial charge in [-0.2, -0.15) is 0 Å². The van der Waals surface area contributed by atoms with E-state index in [1.807, 2.05) is 82.2 Å². The standard InChI is InChI=1S/C21H17N3O2/c1-22-19(25)14-21(20(22)26,23-12-10-15-6-2-4-8-17(15)23)24-13-11-16-7-3-5-9-18(16)24/h2-13H,14H2,1H3. The summed E-state index contributed by atoms with van der Waals surface area (Å²) in [6.07, 6.45) is 3.91. The third-order valence-electron chi connectivity index (χ3n) is 5.41. The van der Waals surface area contributed by atoms with Gasteiger partial charge in [0, 0.05) is 19.4 Å². The van der Waals surface area contributed by atoms with E-state index in [-0.39, 0.29) is 18.2 Å². The fourth-order valence-electron chi connectivity index (χ4n) is 4.09. The Labute approximate surface area is 150 Å². The van der Waals surface area contributed by atoms with E-state index in [9.17, 15) is 9.59 Å². The lowest BCUT2D eigenvalue weighted by molar-refractivity contribution is -0.139. The second-order valence-electron chi connectivity index (χ2n) is 6.74. The number of benzene rings is 2. The van der Waals surface area contributed by atoms with Crippen LogP contribution in [0.15, 0.2) is 73.1 Å². The molecule has 5 nitrogen and oxygen atoms in total. The molecule has 1 saturated heterocycles. The SMILES string of the molecule is CN1C(=O)CC(n2ccc3ccccc32)(n2ccc3ccccc32)C1=O. The molecule has 5 heteroatoms. The van der Waals surface area contributed by atoms with E-state index in [0.717, 1.165) is 21.8 Å². The van der Waals surface area contributed by atoms with Crippen LogP contribution in [0.3, 0.4) is 0 Å². The van der Waals surface area contributed by atoms with Crippen LogP contribution in [-0.2, 0) is 15.3 Å². The highest BCUT2D eigenvalue weighted by Crippen LogP contribution is 2.38. The minimum Gasteiger partial charge on any atom is -0.315 e. The van der Waals surface area contributed by atoms with Crippen molar-refractivity contribution in [3.8, 4) is 0 Å². The molecule has 0 unspecified atom stereocenters. The van der Waals surface area contributed by atoms with Gasteiger partial charge in [0.25, 0.3) is 5.91 Å². The van der Waals surface area contributed by atoms with E-state index in [1.54, 1.807) is 7.05 Å². The Morgan fingerprint density at radius 3 is 1.73 bits per heavy atom. The van der Waals surface area contributed by atoms with Crippen LogP contribution in [0.4, 0.5) is 0 Å². The van der Waals surface area contributed by atoms with Gasteiger partial charge in [0.1, 0.15) is 0 Å². The monoisotopic (exact) mass is 343 g/mol. The Morgan fingerprint density at radius 1 is 0.769 bits per heavy atom. The second kappa shape index (κ2) is 5.08. The zero-order chi connectivity index (χ0) is 17.9. The van der Waals surface area contributed by atoms with E-state index >= 15 is 0 Å². The molecule has 0 N–H and O–H groups in total. The second-order valence-corrected chi connectivity index (χ2v) is 6.74. The number of hydrogen-bond donors (Lipinski definition) is 0. The molecule has 1 aliphatic rings. The van der Waals surface area contributed by atoms with Gasteiger partial charge in [-0.3, -0.25) is 14.5 Å². The third-order valence-corrected chi connectivity index (χ3v) is 5.41. The summed E-state index contributed by atoms with van der Waals surface area (Å²) in [5.74, 6) is -0.393. The summed E-state index contributed by atoms with van der Waals surface area (Å²) >= 11 is 0. The van der Waals surface area contributed by atoms with Gasteiger partial charge in [-0.15, -0.1) is 0 Å². The molecule has 0 aliphatic carbocycles. The number of rotatable bonds is 2. The summed E-state index contributed by atoms with van der Waals surface area (Å²) in [7, 11) is 1.56. The smallest absolute Gasteiger partial charge is 0.277 e. The molecule has 2 aromatic carbocycles. The molecule has 0 bridgehead atoms. The van der Waals surface area contributed by atoms with Gasteiger partial charge in [-0.05, 0) is 35.0 Å². The summed E-state index contributed by atoms with van der Waals surface area (Å²) in [6.45, 7) is 0. The van der Waals surface area contributed by atoms with Gasteiger partial charge >= 0.3 is 0 Å². The van der Waals surface area contributed by atoms with Crippen molar-refractivity contribution >= 4 is 33.6 Å². The van der Waals surface area contributed by atoms with Gasteiger partial charge in [0.15, 0.2) is 0 Å². The third kappa shape index (κ3) is 1.74. The maximum absolute atomic E-state index is 13.4. The van der Waals surface area contributed by atoms with Crippen LogP contribution >= 0.6 is 0 Å². The molecule has 26 heavy (non-hydrogen) atoms. The average molecular weight is 343 g/mol. The van der Waals surface area contributed by atoms with Gasteiger partial charge in [-0.25, -0.2) is 0 Å². The molecule has 1 aliphatic heterocycles. The summed E-state index contributed by atoms with van der Waals surface area (Å²) in [5, 5.41) is 2.08. The molecular weight excluding hydrogens is 326 g/mol. The van der Waals surface area contributed by atoms with E-state index in [0.29, 0.717) is 0 Å². The number of likely N-dealkylation sites (N-methyl/N-ethyl adjacent to an activating group) is 1. The van der Waals surface area contributed by atoms with Crippen LogP contribution < -0.4 is 0 Å². The zero-order valence-electron chi connectivity index (χ0n) is 14.3. The molecular formula is C21H17N3O2. The summed E-state index contributed by atoms with van der Waals surface area (Å²) < 4.78 is 3.89. The number of likely N-dealkylation sites (tertiary alicyclic amines) is 1. The Bertz CT molecular complexity index is 1110. The predicted molar refractivity (Wildman–Crippen MR) is 99.6 cm³/mol. The van der Waals surface area contributed by atoms with E-state index in [2.05, 4.69) is 0 Å². The van der Waals surface area contributed by atoms with Gasteiger partial charge in [0.2, 0.25) is 11.6 Å². The quantitative estimate of drug-likeness (QED) is 0.525. The summed E-state index contributed by atoms with van der Waals surface area (Å²) in [6, 6.07) is 19.8. The van der Waals surface area contributed by atoms with Gasteiger partial charge < -0.3 is 9.13 Å². The number of hydrogen-bond acceptors (Lipinski definition) is 2. The fourth-order valence-corrected chi connectivity index (χ4v) is 4.09. The number of para-hydroxylation sites is 2. The fraction of sp³-hybridized carbons (Fsp3) is 0.143. The zero-order valence-corrected chi connectivity index (χ0v) is 14.3. The Balaban J connectivity index is 1.89. The van der Waals surface area contributed by atoms with Crippen molar-refractivity contribution in [1.29, 1.82) is 0 Å². The molecule has 0 saturated carbocycles. The van der Waals surface area contributed by atoms with Crippen LogP contribution in [-0.4, -0.2) is 32.9 Å². The van der Waals surface area contributed by atoms with Crippen molar-refractivity contribution in [2.45, 2.75) is 12.1 Å². The predicted octanol–water partition coefficient (Wildman–Crippen LogP) is 3.19. The first kappa shape index (κ1) is 15.0. The van der Waals surface area contributed by atoms with E-state index in [1.165, 1.54) is 4.90 Å². The highest BCUT2D eigenvalue weighted by Gasteiger charge is 2.54. The van der Waals surface area contributed by atoms with E-state index in [4.69, 9.17) is 0 Å². The van der Waals surface area contributed by atoms with Crippen LogP contribution in [0, 0.1) is 0 Å². The first-order chi connectivity index (χ1) is 12.6. The number of amides is 2. The molecule has 3 heterocycles. The molecule has 2 aromatic heterocycles. The van der Waals surface area contributed by atoms with Crippen molar-refractivity contribution in [3.05, 3.63) is 73.1 Å². The summed E-state index contributed by atoms with van der Waals surface area (Å²) in [5.41, 5.74) is 0.737. The minimum absolute atomic E-state index is 0.0969. The molecule has 4 aromatic rings. The van der Waals surface area contributed by atoms with Crippen molar-refractivity contribution in [2.24, 2.45) is 0 Å². The molecule has 5 rings (SSSR count).